The van der Waals surface area contributed by atoms with E-state index in [9.17, 15) is 8.78 Å². The van der Waals surface area contributed by atoms with Crippen molar-refractivity contribution in [2.45, 2.75) is 19.8 Å². The number of nitrogen functional groups attached to an aromatic ring is 1. The maximum absolute atomic E-state index is 12.4. The average Bonchev–Trinajstić information content (AvgIpc) is 2.71. The summed E-state index contributed by atoms with van der Waals surface area (Å²) in [6.07, 6.45) is -1.62. The number of hydrogen-bond acceptors (Lipinski definition) is 3. The number of alkyl halides is 2. The van der Waals surface area contributed by atoms with Crippen molar-refractivity contribution in [2.75, 3.05) is 5.73 Å². The summed E-state index contributed by atoms with van der Waals surface area (Å²) in [4.78, 5) is 4.38. The van der Waals surface area contributed by atoms with Crippen molar-refractivity contribution in [2.24, 2.45) is 0 Å². The van der Waals surface area contributed by atoms with Gasteiger partial charge in [0.25, 0.3) is 6.43 Å². The maximum atomic E-state index is 12.4. The van der Waals surface area contributed by atoms with Gasteiger partial charge in [0.1, 0.15) is 10.7 Å². The zero-order valence-electron chi connectivity index (χ0n) is 9.28. The van der Waals surface area contributed by atoms with Crippen molar-refractivity contribution in [3.05, 3.63) is 34.8 Å². The largest absolute Gasteiger partial charge is 0.389 e. The molecule has 1 aromatic heterocycles. The Bertz CT molecular complexity index is 506. The molecule has 0 unspecified atom stereocenters. The van der Waals surface area contributed by atoms with Crippen LogP contribution >= 0.6 is 11.3 Å². The third kappa shape index (κ3) is 2.44. The first-order valence-corrected chi connectivity index (χ1v) is 6.07. The van der Waals surface area contributed by atoms with Gasteiger partial charge in [-0.1, -0.05) is 31.2 Å². The van der Waals surface area contributed by atoms with Gasteiger partial charge in [-0.15, -0.1) is 11.3 Å². The topological polar surface area (TPSA) is 38.9 Å². The number of rotatable bonds is 3. The quantitative estimate of drug-likeness (QED) is 0.902. The number of hydrogen-bond donors (Lipinski definition) is 1. The molecule has 90 valence electrons. The average molecular weight is 254 g/mol. The van der Waals surface area contributed by atoms with Crippen LogP contribution in [-0.2, 0) is 6.42 Å². The van der Waals surface area contributed by atoms with E-state index in [1.54, 1.807) is 12.1 Å². The Morgan fingerprint density at radius 2 is 1.94 bits per heavy atom. The minimum absolute atomic E-state index is 0.0123. The fourth-order valence-corrected chi connectivity index (χ4v) is 2.32. The molecule has 0 saturated heterocycles. The molecule has 17 heavy (non-hydrogen) atoms. The molecule has 1 aromatic carbocycles. The molecule has 0 aliphatic rings. The van der Waals surface area contributed by atoms with Gasteiger partial charge in [-0.2, -0.15) is 0 Å². The number of aromatic nitrogens is 1. The number of thiazole rings is 1. The fraction of sp³-hybridized carbons (Fsp3) is 0.250. The van der Waals surface area contributed by atoms with E-state index in [2.05, 4.69) is 4.98 Å². The van der Waals surface area contributed by atoms with Gasteiger partial charge >= 0.3 is 0 Å². The lowest BCUT2D eigenvalue weighted by molar-refractivity contribution is 0.151. The van der Waals surface area contributed by atoms with Crippen LogP contribution in [0.3, 0.4) is 0 Å². The van der Waals surface area contributed by atoms with Crippen LogP contribution in [-0.4, -0.2) is 4.98 Å². The summed E-state index contributed by atoms with van der Waals surface area (Å²) in [5.41, 5.74) is 7.34. The van der Waals surface area contributed by atoms with E-state index in [1.165, 1.54) is 23.5 Å². The Morgan fingerprint density at radius 3 is 2.41 bits per heavy atom. The van der Waals surface area contributed by atoms with Gasteiger partial charge in [0.15, 0.2) is 0 Å². The monoisotopic (exact) mass is 254 g/mol. The summed E-state index contributed by atoms with van der Waals surface area (Å²) in [5.74, 6) is 0. The number of anilines is 1. The molecule has 5 heteroatoms. The number of nitrogens with two attached hydrogens (primary N) is 1. The van der Waals surface area contributed by atoms with E-state index in [4.69, 9.17) is 5.73 Å². The molecule has 2 rings (SSSR count). The van der Waals surface area contributed by atoms with Crippen LogP contribution in [0.4, 0.5) is 13.8 Å². The van der Waals surface area contributed by atoms with Crippen molar-refractivity contribution >= 4 is 16.3 Å². The molecule has 0 fully saturated rings. The highest BCUT2D eigenvalue weighted by Gasteiger charge is 2.11. The number of benzene rings is 1. The molecule has 2 aromatic rings. The predicted octanol–water partition coefficient (Wildman–Crippen LogP) is 3.89. The standard InChI is InChI=1S/C12H12F2N2S/c1-2-9-16-10(12(15)17-9)7-3-5-8(6-4-7)11(13)14/h3-6,11H,2,15H2,1H3. The van der Waals surface area contributed by atoms with E-state index in [0.717, 1.165) is 17.0 Å². The molecule has 0 bridgehead atoms. The summed E-state index contributed by atoms with van der Waals surface area (Å²) in [7, 11) is 0. The van der Waals surface area contributed by atoms with Crippen LogP contribution < -0.4 is 5.73 Å². The van der Waals surface area contributed by atoms with Gasteiger partial charge in [0, 0.05) is 11.1 Å². The Labute approximate surface area is 102 Å². The highest BCUT2D eigenvalue weighted by atomic mass is 32.1. The van der Waals surface area contributed by atoms with E-state index in [-0.39, 0.29) is 5.56 Å². The molecule has 0 atom stereocenters. The minimum Gasteiger partial charge on any atom is -0.389 e. The summed E-state index contributed by atoms with van der Waals surface area (Å²) in [6.45, 7) is 2.00. The second-order valence-corrected chi connectivity index (χ2v) is 4.71. The molecule has 0 spiro atoms. The van der Waals surface area contributed by atoms with Crippen LogP contribution in [0, 0.1) is 0 Å². The van der Waals surface area contributed by atoms with Gasteiger partial charge in [0.2, 0.25) is 0 Å². The predicted molar refractivity (Wildman–Crippen MR) is 66.3 cm³/mol. The first-order valence-electron chi connectivity index (χ1n) is 5.25. The second kappa shape index (κ2) is 4.79. The van der Waals surface area contributed by atoms with Crippen molar-refractivity contribution in [3.63, 3.8) is 0 Å². The number of halogens is 2. The van der Waals surface area contributed by atoms with Crippen molar-refractivity contribution in [1.82, 2.24) is 4.98 Å². The summed E-state index contributed by atoms with van der Waals surface area (Å²) in [6, 6.07) is 6.08. The Morgan fingerprint density at radius 1 is 1.29 bits per heavy atom. The number of nitrogens with zero attached hydrogens (tertiary/aromatic N) is 1. The zero-order chi connectivity index (χ0) is 12.4. The minimum atomic E-state index is -2.44. The van der Waals surface area contributed by atoms with Crippen LogP contribution in [0.1, 0.15) is 23.9 Å². The Kier molecular flexibility index (Phi) is 3.38. The molecule has 0 aliphatic carbocycles. The summed E-state index contributed by atoms with van der Waals surface area (Å²) in [5, 5.41) is 1.59. The van der Waals surface area contributed by atoms with Crippen LogP contribution in [0.25, 0.3) is 11.3 Å². The second-order valence-electron chi connectivity index (χ2n) is 3.60. The first kappa shape index (κ1) is 12.0. The highest BCUT2D eigenvalue weighted by Crippen LogP contribution is 2.31. The fourth-order valence-electron chi connectivity index (χ4n) is 1.52. The molecule has 0 amide bonds. The highest BCUT2D eigenvalue weighted by molar-refractivity contribution is 7.16. The van der Waals surface area contributed by atoms with Crippen molar-refractivity contribution in [1.29, 1.82) is 0 Å². The molecule has 2 nitrogen and oxygen atoms in total. The summed E-state index contributed by atoms with van der Waals surface area (Å²) >= 11 is 1.44. The molecular weight excluding hydrogens is 242 g/mol. The first-order chi connectivity index (χ1) is 8.11. The molecule has 0 aliphatic heterocycles. The van der Waals surface area contributed by atoms with E-state index >= 15 is 0 Å². The number of aryl methyl sites for hydroxylation is 1. The van der Waals surface area contributed by atoms with Crippen LogP contribution in [0.2, 0.25) is 0 Å². The third-order valence-electron chi connectivity index (χ3n) is 2.44. The van der Waals surface area contributed by atoms with Crippen LogP contribution in [0.5, 0.6) is 0 Å². The van der Waals surface area contributed by atoms with E-state index in [1.807, 2.05) is 6.92 Å². The Hall–Kier alpha value is -1.49. The molecule has 2 N–H and O–H groups in total. The van der Waals surface area contributed by atoms with Gasteiger partial charge < -0.3 is 5.73 Å². The lowest BCUT2D eigenvalue weighted by Crippen LogP contribution is -1.88. The van der Waals surface area contributed by atoms with Gasteiger partial charge in [-0.25, -0.2) is 13.8 Å². The lowest BCUT2D eigenvalue weighted by Gasteiger charge is -2.01. The summed E-state index contributed by atoms with van der Waals surface area (Å²) < 4.78 is 24.8. The van der Waals surface area contributed by atoms with Gasteiger partial charge in [0.05, 0.1) is 5.01 Å². The smallest absolute Gasteiger partial charge is 0.263 e. The van der Waals surface area contributed by atoms with Crippen molar-refractivity contribution in [3.8, 4) is 11.3 Å². The van der Waals surface area contributed by atoms with Gasteiger partial charge in [-0.3, -0.25) is 0 Å². The normalized spacial score (nSPS) is 11.1. The van der Waals surface area contributed by atoms with E-state index in [0.29, 0.717) is 10.7 Å². The molecule has 1 heterocycles. The third-order valence-corrected chi connectivity index (χ3v) is 3.47. The molecule has 0 saturated carbocycles. The van der Waals surface area contributed by atoms with Crippen molar-refractivity contribution < 1.29 is 8.78 Å². The van der Waals surface area contributed by atoms with Crippen LogP contribution in [0.15, 0.2) is 24.3 Å². The molecular formula is C12H12F2N2S. The lowest BCUT2D eigenvalue weighted by atomic mass is 10.1. The maximum Gasteiger partial charge on any atom is 0.263 e. The molecule has 0 radical (unpaired) electrons. The van der Waals surface area contributed by atoms with Gasteiger partial charge in [-0.05, 0) is 6.42 Å². The Balaban J connectivity index is 2.36. The van der Waals surface area contributed by atoms with E-state index < -0.39 is 6.43 Å². The zero-order valence-corrected chi connectivity index (χ0v) is 10.1. The SMILES string of the molecule is CCc1nc(-c2ccc(C(F)F)cc2)c(N)s1.